The number of benzene rings is 1. The predicted molar refractivity (Wildman–Crippen MR) is 93.7 cm³/mol. The summed E-state index contributed by atoms with van der Waals surface area (Å²) in [6.45, 7) is 2.11. The van der Waals surface area contributed by atoms with Gasteiger partial charge in [0.25, 0.3) is 0 Å². The monoisotopic (exact) mass is 339 g/mol. The highest BCUT2D eigenvalue weighted by Crippen LogP contribution is 2.27. The van der Waals surface area contributed by atoms with Crippen LogP contribution in [0.15, 0.2) is 57.4 Å². The molecule has 0 unspecified atom stereocenters. The van der Waals surface area contributed by atoms with Gasteiger partial charge in [-0.05, 0) is 36.1 Å². The first-order valence-electron chi connectivity index (χ1n) is 7.15. The fraction of sp³-hybridized carbons (Fsp3) is 0.118. The molecule has 23 heavy (non-hydrogen) atoms. The first-order chi connectivity index (χ1) is 11.3. The molecule has 4 rings (SSSR count). The van der Waals surface area contributed by atoms with E-state index in [-0.39, 0.29) is 0 Å². The third-order valence-corrected chi connectivity index (χ3v) is 5.21. The lowest BCUT2D eigenvalue weighted by Crippen LogP contribution is -1.88. The average molecular weight is 339 g/mol. The topological polar surface area (TPSA) is 51.8 Å². The van der Waals surface area contributed by atoms with Crippen molar-refractivity contribution in [1.29, 1.82) is 0 Å². The Hall–Kier alpha value is -2.18. The molecule has 0 fully saturated rings. The molecule has 4 aromatic rings. The van der Waals surface area contributed by atoms with Crippen LogP contribution in [0.5, 0.6) is 0 Å². The van der Waals surface area contributed by atoms with E-state index in [4.69, 9.17) is 4.52 Å². The van der Waals surface area contributed by atoms with Gasteiger partial charge in [-0.15, -0.1) is 11.3 Å². The zero-order chi connectivity index (χ0) is 15.6. The van der Waals surface area contributed by atoms with Crippen molar-refractivity contribution >= 4 is 34.0 Å². The molecule has 0 amide bonds. The van der Waals surface area contributed by atoms with Crippen molar-refractivity contribution in [3.63, 3.8) is 0 Å². The number of thioether (sulfide) groups is 1. The van der Waals surface area contributed by atoms with Crippen molar-refractivity contribution in [3.05, 3.63) is 59.3 Å². The number of aryl methyl sites for hydroxylation is 1. The largest absolute Gasteiger partial charge is 0.338 e. The van der Waals surface area contributed by atoms with Gasteiger partial charge in [0.1, 0.15) is 0 Å². The zero-order valence-electron chi connectivity index (χ0n) is 12.4. The van der Waals surface area contributed by atoms with E-state index in [0.717, 1.165) is 15.4 Å². The second kappa shape index (κ2) is 6.14. The molecule has 0 aliphatic heterocycles. The highest BCUT2D eigenvalue weighted by molar-refractivity contribution is 7.98. The van der Waals surface area contributed by atoms with Gasteiger partial charge in [-0.2, -0.15) is 4.98 Å². The summed E-state index contributed by atoms with van der Waals surface area (Å²) in [5.74, 6) is 1.88. The number of rotatable bonds is 4. The molecule has 0 saturated carbocycles. The summed E-state index contributed by atoms with van der Waals surface area (Å²) >= 11 is 3.21. The van der Waals surface area contributed by atoms with E-state index in [9.17, 15) is 0 Å². The van der Waals surface area contributed by atoms with Gasteiger partial charge in [0.15, 0.2) is 0 Å². The lowest BCUT2D eigenvalue weighted by molar-refractivity contribution is 0.392. The molecule has 0 aliphatic rings. The maximum atomic E-state index is 5.32. The van der Waals surface area contributed by atoms with Gasteiger partial charge in [-0.3, -0.25) is 0 Å². The third kappa shape index (κ3) is 3.00. The lowest BCUT2D eigenvalue weighted by Gasteiger charge is -2.04. The summed E-state index contributed by atoms with van der Waals surface area (Å²) < 4.78 is 5.32. The summed E-state index contributed by atoms with van der Waals surface area (Å²) in [6.07, 6.45) is 0. The van der Waals surface area contributed by atoms with E-state index in [1.807, 2.05) is 35.7 Å². The van der Waals surface area contributed by atoms with Crippen LogP contribution < -0.4 is 0 Å². The van der Waals surface area contributed by atoms with Crippen molar-refractivity contribution in [2.24, 2.45) is 0 Å². The molecule has 4 nitrogen and oxygen atoms in total. The van der Waals surface area contributed by atoms with Crippen LogP contribution in [0.25, 0.3) is 21.6 Å². The maximum Gasteiger partial charge on any atom is 0.237 e. The van der Waals surface area contributed by atoms with Gasteiger partial charge in [-0.25, -0.2) is 4.98 Å². The summed E-state index contributed by atoms with van der Waals surface area (Å²) in [5, 5.41) is 8.19. The van der Waals surface area contributed by atoms with Crippen LogP contribution in [0.2, 0.25) is 0 Å². The number of pyridine rings is 1. The number of hydrogen-bond donors (Lipinski definition) is 0. The Morgan fingerprint density at radius 2 is 2.04 bits per heavy atom. The Morgan fingerprint density at radius 1 is 1.13 bits per heavy atom. The van der Waals surface area contributed by atoms with E-state index < -0.39 is 0 Å². The lowest BCUT2D eigenvalue weighted by atomic mass is 10.1. The molecule has 0 saturated heterocycles. The normalized spacial score (nSPS) is 11.2. The summed E-state index contributed by atoms with van der Waals surface area (Å²) in [6, 6.07) is 14.2. The second-order valence-electron chi connectivity index (χ2n) is 5.07. The van der Waals surface area contributed by atoms with E-state index in [1.165, 1.54) is 10.9 Å². The average Bonchev–Trinajstić information content (AvgIpc) is 3.24. The Balaban J connectivity index is 1.53. The van der Waals surface area contributed by atoms with Crippen molar-refractivity contribution < 1.29 is 4.52 Å². The number of hydrogen-bond acceptors (Lipinski definition) is 6. The molecule has 0 aliphatic carbocycles. The van der Waals surface area contributed by atoms with Gasteiger partial charge in [0, 0.05) is 5.39 Å². The molecule has 0 radical (unpaired) electrons. The van der Waals surface area contributed by atoms with Crippen molar-refractivity contribution in [3.8, 4) is 10.7 Å². The highest BCUT2D eigenvalue weighted by atomic mass is 32.2. The smallest absolute Gasteiger partial charge is 0.237 e. The number of nitrogens with zero attached hydrogens (tertiary/aromatic N) is 3. The van der Waals surface area contributed by atoms with Crippen molar-refractivity contribution in [1.82, 2.24) is 15.1 Å². The quantitative estimate of drug-likeness (QED) is 0.493. The standard InChI is InChI=1S/C17H13N3OS2/c1-11-9-16(18-13-6-3-2-5-12(11)13)23-10-15-19-17(20-21-15)14-7-4-8-22-14/h2-9H,10H2,1H3. The summed E-state index contributed by atoms with van der Waals surface area (Å²) in [4.78, 5) is 10.1. The number of aromatic nitrogens is 3. The van der Waals surface area contributed by atoms with Crippen molar-refractivity contribution in [2.75, 3.05) is 0 Å². The SMILES string of the molecule is Cc1cc(SCc2nc(-c3cccs3)no2)nc2ccccc12. The van der Waals surface area contributed by atoms with Crippen LogP contribution in [0, 0.1) is 6.92 Å². The first kappa shape index (κ1) is 14.4. The van der Waals surface area contributed by atoms with Crippen LogP contribution in [0.1, 0.15) is 11.5 Å². The van der Waals surface area contributed by atoms with Gasteiger partial charge < -0.3 is 4.52 Å². The second-order valence-corrected chi connectivity index (χ2v) is 7.02. The Morgan fingerprint density at radius 3 is 2.91 bits per heavy atom. The van der Waals surface area contributed by atoms with Gasteiger partial charge in [0.2, 0.25) is 11.7 Å². The Labute approximate surface area is 141 Å². The molecular formula is C17H13N3OS2. The molecular weight excluding hydrogens is 326 g/mol. The van der Waals surface area contributed by atoms with Gasteiger partial charge >= 0.3 is 0 Å². The maximum absolute atomic E-state index is 5.32. The molecule has 6 heteroatoms. The van der Waals surface area contributed by atoms with Gasteiger partial charge in [-0.1, -0.05) is 41.2 Å². The first-order valence-corrected chi connectivity index (χ1v) is 9.02. The van der Waals surface area contributed by atoms with Crippen LogP contribution in [-0.2, 0) is 5.75 Å². The number of fused-ring (bicyclic) bond motifs is 1. The predicted octanol–water partition coefficient (Wildman–Crippen LogP) is 4.95. The van der Waals surface area contributed by atoms with E-state index in [1.54, 1.807) is 23.1 Å². The Kier molecular flexibility index (Phi) is 3.85. The zero-order valence-corrected chi connectivity index (χ0v) is 14.0. The summed E-state index contributed by atoms with van der Waals surface area (Å²) in [5.41, 5.74) is 2.24. The third-order valence-electron chi connectivity index (χ3n) is 3.45. The Bertz CT molecular complexity index is 948. The molecule has 114 valence electrons. The molecule has 0 atom stereocenters. The minimum Gasteiger partial charge on any atom is -0.338 e. The van der Waals surface area contributed by atoms with E-state index in [0.29, 0.717) is 17.5 Å². The van der Waals surface area contributed by atoms with Crippen LogP contribution in [-0.4, -0.2) is 15.1 Å². The number of para-hydroxylation sites is 1. The van der Waals surface area contributed by atoms with Gasteiger partial charge in [0.05, 0.1) is 21.2 Å². The fourth-order valence-corrected chi connectivity index (χ4v) is 3.81. The molecule has 3 aromatic heterocycles. The fourth-order valence-electron chi connectivity index (χ4n) is 2.35. The minimum absolute atomic E-state index is 0.614. The number of thiophene rings is 1. The molecule has 0 bridgehead atoms. The van der Waals surface area contributed by atoms with E-state index in [2.05, 4.69) is 34.2 Å². The molecule has 0 spiro atoms. The van der Waals surface area contributed by atoms with Crippen LogP contribution >= 0.6 is 23.1 Å². The minimum atomic E-state index is 0.614. The van der Waals surface area contributed by atoms with Crippen LogP contribution in [0.4, 0.5) is 0 Å². The summed E-state index contributed by atoms with van der Waals surface area (Å²) in [7, 11) is 0. The van der Waals surface area contributed by atoms with Crippen LogP contribution in [0.3, 0.4) is 0 Å². The molecule has 1 aromatic carbocycles. The van der Waals surface area contributed by atoms with Crippen molar-refractivity contribution in [2.45, 2.75) is 17.7 Å². The highest BCUT2D eigenvalue weighted by Gasteiger charge is 2.10. The van der Waals surface area contributed by atoms with E-state index >= 15 is 0 Å². The molecule has 3 heterocycles. The molecule has 0 N–H and O–H groups in total.